The summed E-state index contributed by atoms with van der Waals surface area (Å²) in [5.41, 5.74) is 12.9. The molecule has 7 N–H and O–H groups in total. The maximum Gasteiger partial charge on any atom is 0.413 e. The zero-order chi connectivity index (χ0) is 43.2. The number of ether oxygens (including phenoxy) is 3. The fraction of sp³-hybridized carbons (Fsp3) is 0.368. The Morgan fingerprint density at radius 3 is 2.42 bits per heavy atom. The van der Waals surface area contributed by atoms with E-state index in [1.54, 1.807) is 57.2 Å². The third-order valence-electron chi connectivity index (χ3n) is 8.04. The number of nitrogens with two attached hydrogens (primary N) is 2. The summed E-state index contributed by atoms with van der Waals surface area (Å²) in [5, 5.41) is 5.10. The van der Waals surface area contributed by atoms with Crippen molar-refractivity contribution >= 4 is 63.0 Å². The highest BCUT2D eigenvalue weighted by Gasteiger charge is 2.32. The van der Waals surface area contributed by atoms with E-state index in [9.17, 15) is 27.6 Å². The smallest absolute Gasteiger partial charge is 0.413 e. The Balaban J connectivity index is 1.55. The van der Waals surface area contributed by atoms with Crippen LogP contribution in [-0.4, -0.2) is 101 Å². The molecule has 1 atom stereocenters. The number of aryl methyl sites for hydroxylation is 1. The predicted molar refractivity (Wildman–Crippen MR) is 218 cm³/mol. The summed E-state index contributed by atoms with van der Waals surface area (Å²) in [6.45, 7) is 9.51. The zero-order valence-electron chi connectivity index (χ0n) is 33.2. The highest BCUT2D eigenvalue weighted by atomic mass is 32.2. The molecule has 0 aliphatic heterocycles. The number of sulfonamides is 1. The van der Waals surface area contributed by atoms with Gasteiger partial charge in [0.1, 0.15) is 31.4 Å². The number of imidazole rings is 1. The van der Waals surface area contributed by atoms with E-state index in [2.05, 4.69) is 41.9 Å². The SMILES string of the molecule is C=CCOC(=O)[C@H](CCCN=C(N)NS(=O)(=O)c1ccc(C)cc1)N(CCNC(=O)OC(C)(C)C)C(=O)Cn1cnc2c(NC(=O)OCc3ccccc3)nc(N)nc21. The Bertz CT molecular complexity index is 2240. The molecule has 0 unspecified atom stereocenters. The first-order chi connectivity index (χ1) is 28.0. The molecule has 0 aliphatic carbocycles. The van der Waals surface area contributed by atoms with E-state index >= 15 is 0 Å². The van der Waals surface area contributed by atoms with Crippen molar-refractivity contribution in [1.82, 2.24) is 34.5 Å². The molecule has 59 heavy (non-hydrogen) atoms. The van der Waals surface area contributed by atoms with E-state index in [1.807, 2.05) is 13.0 Å². The number of hydrogen-bond donors (Lipinski definition) is 5. The van der Waals surface area contributed by atoms with Gasteiger partial charge in [-0.25, -0.2) is 32.5 Å². The second kappa shape index (κ2) is 20.6. The zero-order valence-corrected chi connectivity index (χ0v) is 34.0. The number of nitrogens with one attached hydrogen (secondary N) is 3. The minimum atomic E-state index is -4.01. The van der Waals surface area contributed by atoms with Crippen LogP contribution in [-0.2, 0) is 47.0 Å². The van der Waals surface area contributed by atoms with Gasteiger partial charge in [0.05, 0.1) is 11.2 Å². The molecule has 20 nitrogen and oxygen atoms in total. The van der Waals surface area contributed by atoms with Crippen molar-refractivity contribution in [3.05, 3.63) is 84.7 Å². The normalized spacial score (nSPS) is 12.2. The largest absolute Gasteiger partial charge is 0.460 e. The lowest BCUT2D eigenvalue weighted by Crippen LogP contribution is -2.50. The molecule has 2 heterocycles. The highest BCUT2D eigenvalue weighted by Crippen LogP contribution is 2.21. The standard InChI is InChI=1S/C38H49N11O9S/c1-6-21-56-33(51)28(13-10-18-41-34(39)47-59(54,55)27-16-14-25(2)15-17-27)49(20-19-42-36(52)58-38(3,4)5)29(50)22-48-24-43-30-31(44-35(40)46-32(30)48)45-37(53)57-23-26-11-8-7-9-12-26/h6-9,11-12,14-17,24,28H,1,10,13,18-23H2,2-5H3,(H,42,52)(H3,39,41,47)(H3,40,44,45,46,53)/t28-/m0/s1. The van der Waals surface area contributed by atoms with Gasteiger partial charge in [-0.3, -0.25) is 15.1 Å². The summed E-state index contributed by atoms with van der Waals surface area (Å²) in [4.78, 5) is 70.9. The first-order valence-electron chi connectivity index (χ1n) is 18.3. The van der Waals surface area contributed by atoms with Crippen LogP contribution in [0.25, 0.3) is 11.2 Å². The number of nitrogens with zero attached hydrogens (tertiary/aromatic N) is 6. The van der Waals surface area contributed by atoms with Crippen LogP contribution in [0, 0.1) is 6.92 Å². The molecule has 4 aromatic rings. The average molecular weight is 836 g/mol. The number of carbonyl (C=O) groups excluding carboxylic acids is 4. The number of esters is 1. The number of rotatable bonds is 18. The van der Waals surface area contributed by atoms with E-state index in [0.29, 0.717) is 0 Å². The molecule has 4 rings (SSSR count). The molecule has 0 saturated heterocycles. The number of aromatic nitrogens is 4. The molecule has 0 aliphatic rings. The summed E-state index contributed by atoms with van der Waals surface area (Å²) in [7, 11) is -4.01. The molecule has 0 saturated carbocycles. The topological polar surface area (TPSA) is 277 Å². The maximum atomic E-state index is 14.2. The summed E-state index contributed by atoms with van der Waals surface area (Å²) < 4.78 is 45.1. The lowest BCUT2D eigenvalue weighted by atomic mass is 10.1. The number of nitrogen functional groups attached to an aromatic ring is 1. The van der Waals surface area contributed by atoms with E-state index in [4.69, 9.17) is 25.7 Å². The van der Waals surface area contributed by atoms with Crippen LogP contribution in [0.3, 0.4) is 0 Å². The van der Waals surface area contributed by atoms with E-state index in [0.717, 1.165) is 11.1 Å². The van der Waals surface area contributed by atoms with Crippen LogP contribution in [0.15, 0.2) is 83.5 Å². The van der Waals surface area contributed by atoms with Crippen LogP contribution >= 0.6 is 0 Å². The van der Waals surface area contributed by atoms with Gasteiger partial charge >= 0.3 is 18.2 Å². The second-order valence-electron chi connectivity index (χ2n) is 13.9. The molecule has 316 valence electrons. The van der Waals surface area contributed by atoms with Crippen molar-refractivity contribution in [3.63, 3.8) is 0 Å². The molecular formula is C38H49N11O9S. The number of hydrogen-bond acceptors (Lipinski definition) is 14. The van der Waals surface area contributed by atoms with E-state index < -0.39 is 52.3 Å². The van der Waals surface area contributed by atoms with Crippen molar-refractivity contribution in [2.75, 3.05) is 37.3 Å². The number of benzene rings is 2. The quantitative estimate of drug-likeness (QED) is 0.0241. The Kier molecular flexibility index (Phi) is 15.7. The number of amides is 3. The monoisotopic (exact) mass is 835 g/mol. The Labute approximate surface area is 341 Å². The van der Waals surface area contributed by atoms with Crippen LogP contribution in [0.4, 0.5) is 21.4 Å². The fourth-order valence-corrected chi connectivity index (χ4v) is 6.32. The summed E-state index contributed by atoms with van der Waals surface area (Å²) in [5.74, 6) is -2.09. The van der Waals surface area contributed by atoms with Crippen LogP contribution in [0.5, 0.6) is 0 Å². The van der Waals surface area contributed by atoms with Gasteiger partial charge in [-0.15, -0.1) is 0 Å². The number of alkyl carbamates (subject to hydrolysis) is 1. The van der Waals surface area contributed by atoms with Gasteiger partial charge in [0.15, 0.2) is 17.0 Å². The Morgan fingerprint density at radius 2 is 1.75 bits per heavy atom. The van der Waals surface area contributed by atoms with Crippen molar-refractivity contribution in [1.29, 1.82) is 0 Å². The number of anilines is 2. The van der Waals surface area contributed by atoms with Gasteiger partial charge in [0.2, 0.25) is 17.8 Å². The molecular weight excluding hydrogens is 787 g/mol. The molecule has 0 radical (unpaired) electrons. The molecule has 21 heteroatoms. The lowest BCUT2D eigenvalue weighted by molar-refractivity contribution is -0.154. The minimum Gasteiger partial charge on any atom is -0.460 e. The first kappa shape index (κ1) is 44.9. The van der Waals surface area contributed by atoms with Gasteiger partial charge < -0.3 is 40.5 Å². The third kappa shape index (κ3) is 14.0. The van der Waals surface area contributed by atoms with E-state index in [1.165, 1.54) is 34.0 Å². The van der Waals surface area contributed by atoms with Gasteiger partial charge in [0, 0.05) is 19.6 Å². The minimum absolute atomic E-state index is 0.00549. The van der Waals surface area contributed by atoms with Crippen molar-refractivity contribution < 1.29 is 41.8 Å². The number of aliphatic imine (C=N–C) groups is 1. The lowest BCUT2D eigenvalue weighted by Gasteiger charge is -2.31. The third-order valence-corrected chi connectivity index (χ3v) is 9.41. The average Bonchev–Trinajstić information content (AvgIpc) is 3.56. The second-order valence-corrected chi connectivity index (χ2v) is 15.6. The summed E-state index contributed by atoms with van der Waals surface area (Å²) >= 11 is 0. The molecule has 0 spiro atoms. The first-order valence-corrected chi connectivity index (χ1v) is 19.8. The van der Waals surface area contributed by atoms with Gasteiger partial charge in [-0.2, -0.15) is 9.97 Å². The Hall–Kier alpha value is -6.77. The van der Waals surface area contributed by atoms with Crippen molar-refractivity contribution in [3.8, 4) is 0 Å². The Morgan fingerprint density at radius 1 is 1.03 bits per heavy atom. The van der Waals surface area contributed by atoms with Gasteiger partial charge in [-0.1, -0.05) is 60.7 Å². The summed E-state index contributed by atoms with van der Waals surface area (Å²) in [6, 6.07) is 13.9. The number of guanidine groups is 1. The maximum absolute atomic E-state index is 14.2. The number of fused-ring (bicyclic) bond motifs is 1. The van der Waals surface area contributed by atoms with Crippen molar-refractivity contribution in [2.45, 2.75) is 70.2 Å². The molecule has 0 fully saturated rings. The van der Waals surface area contributed by atoms with Crippen LogP contribution in [0.2, 0.25) is 0 Å². The van der Waals surface area contributed by atoms with Gasteiger partial charge in [0.25, 0.3) is 10.0 Å². The van der Waals surface area contributed by atoms with Gasteiger partial charge in [-0.05, 0) is 58.2 Å². The molecule has 2 aromatic heterocycles. The summed E-state index contributed by atoms with van der Waals surface area (Å²) in [6.07, 6.45) is 1.18. The van der Waals surface area contributed by atoms with E-state index in [-0.39, 0.29) is 79.5 Å². The number of carbonyl (C=O) groups is 4. The molecule has 0 bridgehead atoms. The fourth-order valence-electron chi connectivity index (χ4n) is 5.37. The van der Waals surface area contributed by atoms with Crippen LogP contribution < -0.4 is 26.8 Å². The van der Waals surface area contributed by atoms with Crippen LogP contribution in [0.1, 0.15) is 44.7 Å². The predicted octanol–water partition coefficient (Wildman–Crippen LogP) is 2.99. The highest BCUT2D eigenvalue weighted by molar-refractivity contribution is 7.90. The molecule has 3 amide bonds. The van der Waals surface area contributed by atoms with Crippen molar-refractivity contribution in [2.24, 2.45) is 10.7 Å². The molecule has 2 aromatic carbocycles.